The van der Waals surface area contributed by atoms with Crippen LogP contribution in [0.4, 0.5) is 0 Å². The van der Waals surface area contributed by atoms with Crippen LogP contribution in [0.25, 0.3) is 0 Å². The molecule has 42 heavy (non-hydrogen) atoms. The molecule has 0 aliphatic rings. The molecule has 0 aromatic heterocycles. The van der Waals surface area contributed by atoms with Crippen LogP contribution in [0.2, 0.25) is 0 Å². The molecule has 6 nitrogen and oxygen atoms in total. The van der Waals surface area contributed by atoms with Crippen LogP contribution in [0, 0.1) is 0 Å². The number of rotatable bonds is 32. The molecule has 0 heterocycles. The first kappa shape index (κ1) is 40.1. The summed E-state index contributed by atoms with van der Waals surface area (Å²) in [4.78, 5) is 34.7. The van der Waals surface area contributed by atoms with Gasteiger partial charge >= 0.3 is 11.9 Å². The van der Waals surface area contributed by atoms with Gasteiger partial charge in [-0.1, -0.05) is 129 Å². The fourth-order valence-corrected chi connectivity index (χ4v) is 5.28. The Kier molecular flexibility index (Phi) is 30.7. The lowest BCUT2D eigenvalue weighted by Gasteiger charge is -2.18. The summed E-state index contributed by atoms with van der Waals surface area (Å²) in [7, 11) is 0. The van der Waals surface area contributed by atoms with Gasteiger partial charge in [-0.15, -0.1) is 0 Å². The number of allylic oxidation sites excluding steroid dienone is 2. The number of hydrogen-bond acceptors (Lipinski definition) is 4. The van der Waals surface area contributed by atoms with Gasteiger partial charge in [0.15, 0.2) is 0 Å². The van der Waals surface area contributed by atoms with Gasteiger partial charge in [-0.2, -0.15) is 0 Å². The van der Waals surface area contributed by atoms with E-state index in [4.69, 9.17) is 9.84 Å². The van der Waals surface area contributed by atoms with Gasteiger partial charge in [0, 0.05) is 12.8 Å². The molecule has 246 valence electrons. The topological polar surface area (TPSA) is 92.7 Å². The first-order valence-corrected chi connectivity index (χ1v) is 17.8. The zero-order chi connectivity index (χ0) is 30.9. The van der Waals surface area contributed by atoms with Gasteiger partial charge in [0.05, 0.1) is 0 Å². The first-order chi connectivity index (χ1) is 20.5. The molecule has 2 N–H and O–H groups in total. The third-order valence-corrected chi connectivity index (χ3v) is 7.92. The standard InChI is InChI=1S/C36H67NO5/c1-3-5-7-9-11-13-15-17-20-24-28-33(29-25-21-19-22-26-30-34(38)37-32-35(39)40)42-36(41)31-27-23-18-16-14-12-10-8-6-4-2/h8,10,33H,3-7,9,11-32H2,1-2H3,(H,37,38)(H,39,40)/b10-8-. The molecule has 0 radical (unpaired) electrons. The molecule has 0 aliphatic carbocycles. The summed E-state index contributed by atoms with van der Waals surface area (Å²) in [6.07, 6.45) is 34.7. The minimum atomic E-state index is -1.02. The van der Waals surface area contributed by atoms with E-state index in [1.54, 1.807) is 0 Å². The molecule has 1 amide bonds. The van der Waals surface area contributed by atoms with Crippen LogP contribution in [0.15, 0.2) is 12.2 Å². The normalized spacial score (nSPS) is 12.0. The highest BCUT2D eigenvalue weighted by atomic mass is 16.5. The van der Waals surface area contributed by atoms with E-state index in [9.17, 15) is 14.4 Å². The zero-order valence-electron chi connectivity index (χ0n) is 27.6. The Balaban J connectivity index is 4.17. The van der Waals surface area contributed by atoms with Gasteiger partial charge in [-0.25, -0.2) is 0 Å². The van der Waals surface area contributed by atoms with E-state index in [-0.39, 0.29) is 24.5 Å². The minimum Gasteiger partial charge on any atom is -0.480 e. The van der Waals surface area contributed by atoms with E-state index in [0.717, 1.165) is 64.2 Å². The average Bonchev–Trinajstić information content (AvgIpc) is 2.97. The van der Waals surface area contributed by atoms with Gasteiger partial charge in [-0.3, -0.25) is 14.4 Å². The number of amides is 1. The molecule has 0 aromatic rings. The van der Waals surface area contributed by atoms with Crippen LogP contribution in [-0.4, -0.2) is 35.6 Å². The fourth-order valence-electron chi connectivity index (χ4n) is 5.28. The number of carbonyl (C=O) groups excluding carboxylic acids is 2. The van der Waals surface area contributed by atoms with Gasteiger partial charge in [0.2, 0.25) is 5.91 Å². The molecule has 1 atom stereocenters. The molecule has 0 bridgehead atoms. The monoisotopic (exact) mass is 594 g/mol. The van der Waals surface area contributed by atoms with E-state index in [1.807, 2.05) is 0 Å². The van der Waals surface area contributed by atoms with E-state index < -0.39 is 5.97 Å². The predicted octanol–water partition coefficient (Wildman–Crippen LogP) is 10.2. The maximum absolute atomic E-state index is 12.6. The summed E-state index contributed by atoms with van der Waals surface area (Å²) in [5.74, 6) is -1.24. The number of ether oxygens (including phenoxy) is 1. The summed E-state index contributed by atoms with van der Waals surface area (Å²) < 4.78 is 5.97. The minimum absolute atomic E-state index is 0.0260. The highest BCUT2D eigenvalue weighted by molar-refractivity contribution is 5.80. The van der Waals surface area contributed by atoms with Crippen LogP contribution < -0.4 is 5.32 Å². The van der Waals surface area contributed by atoms with Gasteiger partial charge < -0.3 is 15.2 Å². The van der Waals surface area contributed by atoms with Crippen LogP contribution in [0.5, 0.6) is 0 Å². The molecule has 0 fully saturated rings. The Morgan fingerprint density at radius 3 is 1.62 bits per heavy atom. The summed E-state index contributed by atoms with van der Waals surface area (Å²) in [6.45, 7) is 4.16. The van der Waals surface area contributed by atoms with Crippen LogP contribution in [-0.2, 0) is 19.1 Å². The Hall–Kier alpha value is -1.85. The number of esters is 1. The largest absolute Gasteiger partial charge is 0.480 e. The lowest BCUT2D eigenvalue weighted by atomic mass is 10.0. The SMILES string of the molecule is CCC/C=C\CCCCCCCC(=O)OC(CCCCCCCCCCCC)CCCCCCCC(=O)NCC(=O)O. The van der Waals surface area contributed by atoms with Crippen molar-refractivity contribution in [1.82, 2.24) is 5.32 Å². The van der Waals surface area contributed by atoms with Crippen molar-refractivity contribution >= 4 is 17.8 Å². The smallest absolute Gasteiger partial charge is 0.322 e. The van der Waals surface area contributed by atoms with E-state index >= 15 is 0 Å². The molecule has 1 unspecified atom stereocenters. The van der Waals surface area contributed by atoms with Crippen molar-refractivity contribution in [2.75, 3.05) is 6.54 Å². The zero-order valence-corrected chi connectivity index (χ0v) is 27.6. The van der Waals surface area contributed by atoms with E-state index in [0.29, 0.717) is 12.8 Å². The Morgan fingerprint density at radius 2 is 1.07 bits per heavy atom. The van der Waals surface area contributed by atoms with Gasteiger partial charge in [0.1, 0.15) is 12.6 Å². The molecule has 0 aromatic carbocycles. The van der Waals surface area contributed by atoms with E-state index in [1.165, 1.54) is 96.3 Å². The summed E-state index contributed by atoms with van der Waals surface area (Å²) in [5, 5.41) is 11.0. The average molecular weight is 594 g/mol. The molecule has 0 spiro atoms. The Labute approximate surface area is 259 Å². The maximum Gasteiger partial charge on any atom is 0.322 e. The number of nitrogens with one attached hydrogen (secondary N) is 1. The predicted molar refractivity (Wildman–Crippen MR) is 176 cm³/mol. The third-order valence-electron chi connectivity index (χ3n) is 7.92. The number of carboxylic acid groups (broad SMARTS) is 1. The quantitative estimate of drug-likeness (QED) is 0.0460. The highest BCUT2D eigenvalue weighted by Crippen LogP contribution is 2.19. The van der Waals surface area contributed by atoms with Crippen molar-refractivity contribution in [2.24, 2.45) is 0 Å². The maximum atomic E-state index is 12.6. The Morgan fingerprint density at radius 1 is 0.595 bits per heavy atom. The number of carboxylic acids is 1. The number of aliphatic carboxylic acids is 1. The van der Waals surface area contributed by atoms with Crippen LogP contribution in [0.3, 0.4) is 0 Å². The summed E-state index contributed by atoms with van der Waals surface area (Å²) in [5.41, 5.74) is 0. The van der Waals surface area contributed by atoms with Crippen molar-refractivity contribution in [1.29, 1.82) is 0 Å². The molecular formula is C36H67NO5. The van der Waals surface area contributed by atoms with Crippen molar-refractivity contribution in [3.63, 3.8) is 0 Å². The Bertz CT molecular complexity index is 663. The van der Waals surface area contributed by atoms with Crippen molar-refractivity contribution in [3.05, 3.63) is 12.2 Å². The number of carbonyl (C=O) groups is 3. The lowest BCUT2D eigenvalue weighted by molar-refractivity contribution is -0.150. The fraction of sp³-hybridized carbons (Fsp3) is 0.861. The molecule has 0 saturated carbocycles. The molecule has 0 rings (SSSR count). The van der Waals surface area contributed by atoms with Crippen molar-refractivity contribution in [3.8, 4) is 0 Å². The van der Waals surface area contributed by atoms with Crippen LogP contribution >= 0.6 is 0 Å². The summed E-state index contributed by atoms with van der Waals surface area (Å²) >= 11 is 0. The lowest BCUT2D eigenvalue weighted by Crippen LogP contribution is -2.28. The molecular weight excluding hydrogens is 526 g/mol. The van der Waals surface area contributed by atoms with Crippen molar-refractivity contribution < 1.29 is 24.2 Å². The molecule has 6 heteroatoms. The van der Waals surface area contributed by atoms with Gasteiger partial charge in [-0.05, 0) is 57.8 Å². The highest BCUT2D eigenvalue weighted by Gasteiger charge is 2.14. The number of hydrogen-bond donors (Lipinski definition) is 2. The van der Waals surface area contributed by atoms with Crippen LogP contribution in [0.1, 0.15) is 187 Å². The second-order valence-electron chi connectivity index (χ2n) is 12.1. The second kappa shape index (κ2) is 32.1. The van der Waals surface area contributed by atoms with E-state index in [2.05, 4.69) is 31.3 Å². The van der Waals surface area contributed by atoms with Gasteiger partial charge in [0.25, 0.3) is 0 Å². The molecule has 0 aliphatic heterocycles. The summed E-state index contributed by atoms with van der Waals surface area (Å²) in [6, 6.07) is 0. The second-order valence-corrected chi connectivity index (χ2v) is 12.1. The molecule has 0 saturated heterocycles. The van der Waals surface area contributed by atoms with Crippen molar-refractivity contribution in [2.45, 2.75) is 193 Å². The third kappa shape index (κ3) is 31.1. The number of unbranched alkanes of at least 4 members (excludes halogenated alkanes) is 19. The first-order valence-electron chi connectivity index (χ1n) is 17.8.